The molecule has 1 atom stereocenters. The summed E-state index contributed by atoms with van der Waals surface area (Å²) in [5, 5.41) is 9.83. The Hall–Kier alpha value is -1.54. The van der Waals surface area contributed by atoms with Crippen LogP contribution in [-0.2, 0) is 4.79 Å². The van der Waals surface area contributed by atoms with Gasteiger partial charge in [0.15, 0.2) is 5.82 Å². The Balaban J connectivity index is 1.61. The fraction of sp³-hybridized carbons (Fsp3) is 0.556. The summed E-state index contributed by atoms with van der Waals surface area (Å²) in [5.41, 5.74) is -0.234. The third kappa shape index (κ3) is 3.16. The molecule has 2 fully saturated rings. The number of aromatic amines is 1. The van der Waals surface area contributed by atoms with E-state index >= 15 is 0 Å². The lowest BCUT2D eigenvalue weighted by atomic mass is 9.79. The molecule has 2 heterocycles. The van der Waals surface area contributed by atoms with Crippen LogP contribution in [0.3, 0.4) is 0 Å². The first kappa shape index (κ1) is 18.8. The molecule has 2 saturated carbocycles. The second-order valence-electron chi connectivity index (χ2n) is 7.46. The molecule has 0 radical (unpaired) electrons. The van der Waals surface area contributed by atoms with E-state index in [1.165, 1.54) is 18.3 Å². The Bertz CT molecular complexity index is 868. The second-order valence-corrected chi connectivity index (χ2v) is 9.17. The molecule has 2 N–H and O–H groups in total. The quantitative estimate of drug-likeness (QED) is 0.629. The Labute approximate surface area is 163 Å². The molecule has 2 aliphatic carbocycles. The number of nitrogens with one attached hydrogen (secondary N) is 2. The van der Waals surface area contributed by atoms with Gasteiger partial charge in [-0.3, -0.25) is 9.89 Å². The molecule has 27 heavy (non-hydrogen) atoms. The van der Waals surface area contributed by atoms with Crippen LogP contribution in [0.25, 0.3) is 10.6 Å². The van der Waals surface area contributed by atoms with Gasteiger partial charge in [0.2, 0.25) is 5.91 Å². The predicted octanol–water partition coefficient (Wildman–Crippen LogP) is 5.98. The molecule has 1 amide bonds. The second kappa shape index (κ2) is 6.51. The molecule has 0 aromatic carbocycles. The number of hydrogen-bond acceptors (Lipinski definition) is 3. The lowest BCUT2D eigenvalue weighted by Gasteiger charge is -2.28. The number of halogens is 4. The maximum absolute atomic E-state index is 13.3. The van der Waals surface area contributed by atoms with Gasteiger partial charge in [0, 0.05) is 11.5 Å². The molecule has 1 unspecified atom stereocenters. The standard InChI is InChI=1S/C18H19ClF3N3OS/c1-9(17(7-8-17)18(20,21)22)16(26)23-15-13(10-3-2-4-10)14(24-25-15)11-5-6-12(19)27-11/h5-6,9-10H,2-4,7-8H2,1H3,(H2,23,24,25,26). The zero-order valence-corrected chi connectivity index (χ0v) is 16.2. The van der Waals surface area contributed by atoms with E-state index in [4.69, 9.17) is 11.6 Å². The summed E-state index contributed by atoms with van der Waals surface area (Å²) in [6, 6.07) is 3.66. The highest BCUT2D eigenvalue weighted by Gasteiger charge is 2.67. The molecule has 0 bridgehead atoms. The number of rotatable bonds is 5. The van der Waals surface area contributed by atoms with Crippen molar-refractivity contribution >= 4 is 34.7 Å². The highest BCUT2D eigenvalue weighted by atomic mass is 35.5. The molecule has 2 aromatic heterocycles. The van der Waals surface area contributed by atoms with Crippen molar-refractivity contribution in [1.82, 2.24) is 10.2 Å². The number of alkyl halides is 3. The highest BCUT2D eigenvalue weighted by molar-refractivity contribution is 7.19. The SMILES string of the molecule is CC(C(=O)Nc1n[nH]c(-c2ccc(Cl)s2)c1C1CCC1)C1(C(F)(F)F)CC1. The number of nitrogens with zero attached hydrogens (tertiary/aromatic N) is 1. The number of amides is 1. The summed E-state index contributed by atoms with van der Waals surface area (Å²) in [6.45, 7) is 1.35. The summed E-state index contributed by atoms with van der Waals surface area (Å²) in [5.74, 6) is -1.20. The lowest BCUT2D eigenvalue weighted by Crippen LogP contribution is -2.38. The fourth-order valence-corrected chi connectivity index (χ4v) is 4.80. The summed E-state index contributed by atoms with van der Waals surface area (Å²) in [7, 11) is 0. The van der Waals surface area contributed by atoms with E-state index in [2.05, 4.69) is 15.5 Å². The number of aromatic nitrogens is 2. The van der Waals surface area contributed by atoms with Gasteiger partial charge in [-0.25, -0.2) is 0 Å². The van der Waals surface area contributed by atoms with Crippen LogP contribution >= 0.6 is 22.9 Å². The predicted molar refractivity (Wildman–Crippen MR) is 99.0 cm³/mol. The summed E-state index contributed by atoms with van der Waals surface area (Å²) < 4.78 is 40.6. The van der Waals surface area contributed by atoms with E-state index in [9.17, 15) is 18.0 Å². The molecule has 2 aromatic rings. The minimum atomic E-state index is -4.37. The van der Waals surface area contributed by atoms with E-state index in [0.29, 0.717) is 10.2 Å². The molecule has 4 rings (SSSR count). The minimum Gasteiger partial charge on any atom is -0.309 e. The van der Waals surface area contributed by atoms with Gasteiger partial charge in [-0.05, 0) is 43.7 Å². The van der Waals surface area contributed by atoms with Crippen LogP contribution in [0.15, 0.2) is 12.1 Å². The molecule has 0 aliphatic heterocycles. The van der Waals surface area contributed by atoms with Crippen LogP contribution in [0, 0.1) is 11.3 Å². The van der Waals surface area contributed by atoms with Gasteiger partial charge in [-0.15, -0.1) is 11.3 Å². The smallest absolute Gasteiger partial charge is 0.309 e. The molecule has 2 aliphatic rings. The van der Waals surface area contributed by atoms with Crippen molar-refractivity contribution in [2.45, 2.75) is 51.1 Å². The fourth-order valence-electron chi connectivity index (χ4n) is 3.75. The molecular formula is C18H19ClF3N3OS. The minimum absolute atomic E-state index is 0.0000781. The van der Waals surface area contributed by atoms with Gasteiger partial charge in [0.1, 0.15) is 0 Å². The number of hydrogen-bond donors (Lipinski definition) is 2. The van der Waals surface area contributed by atoms with Crippen LogP contribution in [0.5, 0.6) is 0 Å². The van der Waals surface area contributed by atoms with Crippen LogP contribution in [-0.4, -0.2) is 22.3 Å². The Morgan fingerprint density at radius 3 is 2.59 bits per heavy atom. The van der Waals surface area contributed by atoms with Gasteiger partial charge in [0.05, 0.1) is 20.3 Å². The number of carbonyl (C=O) groups is 1. The third-order valence-electron chi connectivity index (χ3n) is 5.95. The normalized spacial score (nSPS) is 20.2. The number of carbonyl (C=O) groups excluding carboxylic acids is 1. The number of H-pyrrole nitrogens is 1. The van der Waals surface area contributed by atoms with Gasteiger partial charge in [-0.2, -0.15) is 18.3 Å². The Kier molecular flexibility index (Phi) is 4.54. The molecule has 0 saturated heterocycles. The van der Waals surface area contributed by atoms with Crippen molar-refractivity contribution < 1.29 is 18.0 Å². The van der Waals surface area contributed by atoms with Crippen molar-refractivity contribution in [3.8, 4) is 10.6 Å². The first-order valence-electron chi connectivity index (χ1n) is 8.94. The maximum Gasteiger partial charge on any atom is 0.395 e. The average molecular weight is 418 g/mol. The molecular weight excluding hydrogens is 399 g/mol. The van der Waals surface area contributed by atoms with E-state index in [0.717, 1.165) is 35.4 Å². The zero-order valence-electron chi connectivity index (χ0n) is 14.6. The zero-order chi connectivity index (χ0) is 19.4. The molecule has 146 valence electrons. The first-order valence-corrected chi connectivity index (χ1v) is 10.1. The van der Waals surface area contributed by atoms with Crippen molar-refractivity contribution in [2.75, 3.05) is 5.32 Å². The highest BCUT2D eigenvalue weighted by Crippen LogP contribution is 2.62. The Morgan fingerprint density at radius 1 is 1.41 bits per heavy atom. The van der Waals surface area contributed by atoms with Crippen molar-refractivity contribution in [1.29, 1.82) is 0 Å². The summed E-state index contributed by atoms with van der Waals surface area (Å²) in [6.07, 6.45) is -1.35. The molecule has 4 nitrogen and oxygen atoms in total. The number of anilines is 1. The van der Waals surface area contributed by atoms with Crippen LogP contribution in [0.4, 0.5) is 19.0 Å². The van der Waals surface area contributed by atoms with Gasteiger partial charge in [-0.1, -0.05) is 24.9 Å². The Morgan fingerprint density at radius 2 is 2.11 bits per heavy atom. The largest absolute Gasteiger partial charge is 0.395 e. The first-order chi connectivity index (χ1) is 12.7. The van der Waals surface area contributed by atoms with Gasteiger partial charge in [0.25, 0.3) is 0 Å². The van der Waals surface area contributed by atoms with E-state index in [1.54, 1.807) is 6.07 Å². The monoisotopic (exact) mass is 417 g/mol. The van der Waals surface area contributed by atoms with E-state index in [-0.39, 0.29) is 18.8 Å². The van der Waals surface area contributed by atoms with E-state index < -0.39 is 23.4 Å². The van der Waals surface area contributed by atoms with E-state index in [1.807, 2.05) is 6.07 Å². The molecule has 0 spiro atoms. The van der Waals surface area contributed by atoms with Crippen molar-refractivity contribution in [3.63, 3.8) is 0 Å². The third-order valence-corrected chi connectivity index (χ3v) is 7.20. The van der Waals surface area contributed by atoms with Gasteiger partial charge < -0.3 is 5.32 Å². The van der Waals surface area contributed by atoms with Crippen LogP contribution < -0.4 is 5.32 Å². The van der Waals surface area contributed by atoms with Crippen LogP contribution in [0.2, 0.25) is 4.34 Å². The van der Waals surface area contributed by atoms with Crippen LogP contribution in [0.1, 0.15) is 50.5 Å². The van der Waals surface area contributed by atoms with Crippen molar-refractivity contribution in [2.24, 2.45) is 11.3 Å². The summed E-state index contributed by atoms with van der Waals surface area (Å²) >= 11 is 7.43. The molecule has 9 heteroatoms. The summed E-state index contributed by atoms with van der Waals surface area (Å²) in [4.78, 5) is 13.5. The van der Waals surface area contributed by atoms with Crippen molar-refractivity contribution in [3.05, 3.63) is 22.0 Å². The topological polar surface area (TPSA) is 57.8 Å². The maximum atomic E-state index is 13.3. The average Bonchev–Trinajstić information content (AvgIpc) is 3.14. The van der Waals surface area contributed by atoms with Gasteiger partial charge >= 0.3 is 6.18 Å². The number of thiophene rings is 1. The lowest BCUT2D eigenvalue weighted by molar-refractivity contribution is -0.201.